The summed E-state index contributed by atoms with van der Waals surface area (Å²) in [6.45, 7) is 4.15. The van der Waals surface area contributed by atoms with E-state index >= 15 is 0 Å². The molecule has 0 aliphatic carbocycles. The van der Waals surface area contributed by atoms with Gasteiger partial charge < -0.3 is 5.32 Å². The number of carbonyl (C=O) groups excluding carboxylic acids is 1. The number of rotatable bonds is 5. The summed E-state index contributed by atoms with van der Waals surface area (Å²) in [5, 5.41) is 3.15. The summed E-state index contributed by atoms with van der Waals surface area (Å²) >= 11 is 4.04. The first-order valence-electron chi connectivity index (χ1n) is 6.09. The second-order valence-electron chi connectivity index (χ2n) is 4.52. The lowest BCUT2D eigenvalue weighted by Crippen LogP contribution is -2.24. The first kappa shape index (κ1) is 15.3. The quantitative estimate of drug-likeness (QED) is 0.584. The molecule has 1 amide bonds. The summed E-state index contributed by atoms with van der Waals surface area (Å²) in [5.74, 6) is 1.05. The maximum absolute atomic E-state index is 11.8. The first-order valence-corrected chi connectivity index (χ1v) is 10.5. The summed E-state index contributed by atoms with van der Waals surface area (Å²) in [5.41, 5.74) is 3.43. The molecule has 2 nitrogen and oxygen atoms in total. The lowest BCUT2D eigenvalue weighted by molar-refractivity contribution is -0.116. The third-order valence-electron chi connectivity index (χ3n) is 3.14. The lowest BCUT2D eigenvalue weighted by atomic mass is 10.1. The van der Waals surface area contributed by atoms with Crippen molar-refractivity contribution in [3.05, 3.63) is 41.0 Å². The average molecular weight is 405 g/mol. The Kier molecular flexibility index (Phi) is 5.65. The molecule has 0 saturated carbocycles. The Hall–Kier alpha value is -0.140. The third-order valence-corrected chi connectivity index (χ3v) is 6.33. The van der Waals surface area contributed by atoms with Gasteiger partial charge >= 0.3 is 0 Å². The molecule has 102 valence electrons. The highest BCUT2D eigenvalue weighted by Crippen LogP contribution is 2.32. The van der Waals surface area contributed by atoms with Gasteiger partial charge in [-0.3, -0.25) is 4.79 Å². The van der Waals surface area contributed by atoms with E-state index in [2.05, 4.69) is 64.6 Å². The Balaban J connectivity index is 1.90. The van der Waals surface area contributed by atoms with Crippen LogP contribution < -0.4 is 5.32 Å². The summed E-state index contributed by atoms with van der Waals surface area (Å²) < 4.78 is 0. The molecule has 0 radical (unpaired) electrons. The van der Waals surface area contributed by atoms with E-state index in [1.807, 2.05) is 0 Å². The molecule has 1 aromatic carbocycles. The minimum absolute atomic E-state index is 0.108. The molecule has 0 saturated heterocycles. The lowest BCUT2D eigenvalue weighted by Gasteiger charge is -2.05. The average Bonchev–Trinajstić information content (AvgIpc) is 2.68. The minimum Gasteiger partial charge on any atom is -0.336 e. The Labute approximate surface area is 134 Å². The second-order valence-corrected chi connectivity index (χ2v) is 7.86. The fraction of sp³-hybridized carbons (Fsp3) is 0.357. The molecule has 0 spiro atoms. The predicted octanol–water partition coefficient (Wildman–Crippen LogP) is 4.33. The highest BCUT2D eigenvalue weighted by molar-refractivity contribution is 14.2. The topological polar surface area (TPSA) is 29.1 Å². The van der Waals surface area contributed by atoms with Crippen LogP contribution in [0.1, 0.15) is 18.9 Å². The number of hydrogen-bond donors (Lipinski definition) is 1. The zero-order valence-electron chi connectivity index (χ0n) is 10.9. The second kappa shape index (κ2) is 7.04. The van der Waals surface area contributed by atoms with Crippen molar-refractivity contribution < 1.29 is 4.79 Å². The van der Waals surface area contributed by atoms with Crippen LogP contribution in [0.5, 0.6) is 0 Å². The van der Waals surface area contributed by atoms with Crippen molar-refractivity contribution in [1.29, 1.82) is 0 Å². The summed E-state index contributed by atoms with van der Waals surface area (Å²) in [6.07, 6.45) is 0.837. The molecule has 1 aromatic rings. The number of hydrogen-bond acceptors (Lipinski definition) is 3. The molecule has 1 heterocycles. The van der Waals surface area contributed by atoms with Crippen LogP contribution in [0.15, 0.2) is 40.3 Å². The van der Waals surface area contributed by atoms with Gasteiger partial charge in [-0.05, 0) is 59.2 Å². The largest absolute Gasteiger partial charge is 0.336 e. The molecule has 0 aromatic heterocycles. The summed E-state index contributed by atoms with van der Waals surface area (Å²) in [7, 11) is 1.65. The highest BCUT2D eigenvalue weighted by Gasteiger charge is 2.27. The maximum Gasteiger partial charge on any atom is 0.248 e. The number of aryl methyl sites for hydroxylation is 1. The number of amides is 1. The van der Waals surface area contributed by atoms with Crippen LogP contribution in [0.3, 0.4) is 0 Å². The number of nitrogens with one attached hydrogen (secondary N) is 1. The van der Waals surface area contributed by atoms with Crippen molar-refractivity contribution in [2.45, 2.75) is 30.5 Å². The zero-order valence-corrected chi connectivity index (χ0v) is 14.7. The normalized spacial score (nSPS) is 18.9. The van der Waals surface area contributed by atoms with E-state index in [1.165, 1.54) is 16.0 Å². The van der Waals surface area contributed by atoms with Gasteiger partial charge in [0.2, 0.25) is 5.91 Å². The van der Waals surface area contributed by atoms with Crippen LogP contribution in [-0.4, -0.2) is 17.0 Å². The fourth-order valence-corrected chi connectivity index (χ4v) is 4.78. The van der Waals surface area contributed by atoms with Gasteiger partial charge in [-0.25, -0.2) is 0 Å². The molecular formula is C14H16INOS2. The van der Waals surface area contributed by atoms with Crippen molar-refractivity contribution in [3.8, 4) is 0 Å². The van der Waals surface area contributed by atoms with E-state index in [1.54, 1.807) is 20.7 Å². The Bertz CT molecular complexity index is 499. The summed E-state index contributed by atoms with van der Waals surface area (Å²) in [4.78, 5) is 13.1. The molecule has 1 aliphatic rings. The van der Waals surface area contributed by atoms with Gasteiger partial charge in [-0.2, -0.15) is 0 Å². The highest BCUT2D eigenvalue weighted by atomic mass is 127. The van der Waals surface area contributed by atoms with Gasteiger partial charge in [0.15, 0.2) is 0 Å². The van der Waals surface area contributed by atoms with Crippen LogP contribution >= 0.6 is 41.9 Å². The number of carbonyl (C=O) groups is 1. The maximum atomic E-state index is 11.8. The van der Waals surface area contributed by atoms with Gasteiger partial charge in [0, 0.05) is 16.2 Å². The standard InChI is InChI=1S/C14H16INOS2/c1-9-3-5-11(6-4-9)18-8-7-12-10(2)14(19-15)16-13(12)17/h3-6,14H,7-8H2,1-2H3,(H,16,17). The number of thioether (sulfide) groups is 1. The smallest absolute Gasteiger partial charge is 0.248 e. The van der Waals surface area contributed by atoms with Gasteiger partial charge in [0.1, 0.15) is 5.37 Å². The SMILES string of the molecule is CC1=C(CCSc2ccc(C)cc2)C(=O)NC1SI. The molecular weight excluding hydrogens is 389 g/mol. The zero-order chi connectivity index (χ0) is 13.8. The van der Waals surface area contributed by atoms with Gasteiger partial charge in [0.25, 0.3) is 0 Å². The Morgan fingerprint density at radius 3 is 2.53 bits per heavy atom. The van der Waals surface area contributed by atoms with Crippen LogP contribution in [0.25, 0.3) is 0 Å². The van der Waals surface area contributed by atoms with Crippen molar-refractivity contribution in [1.82, 2.24) is 5.32 Å². The molecule has 0 bridgehead atoms. The van der Waals surface area contributed by atoms with E-state index in [-0.39, 0.29) is 11.3 Å². The molecule has 2 rings (SSSR count). The molecule has 5 heteroatoms. The molecule has 0 fully saturated rings. The van der Waals surface area contributed by atoms with E-state index in [0.717, 1.165) is 17.7 Å². The van der Waals surface area contributed by atoms with Crippen molar-refractivity contribution in [2.24, 2.45) is 0 Å². The minimum atomic E-state index is 0.108. The van der Waals surface area contributed by atoms with Crippen molar-refractivity contribution >= 4 is 47.8 Å². The van der Waals surface area contributed by atoms with Gasteiger partial charge in [-0.15, -0.1) is 11.8 Å². The fourth-order valence-electron chi connectivity index (χ4n) is 1.96. The molecule has 1 atom stereocenters. The Morgan fingerprint density at radius 2 is 1.95 bits per heavy atom. The van der Waals surface area contributed by atoms with Gasteiger partial charge in [-0.1, -0.05) is 26.6 Å². The van der Waals surface area contributed by atoms with E-state index in [0.29, 0.717) is 0 Å². The van der Waals surface area contributed by atoms with Crippen LogP contribution in [0, 0.1) is 6.92 Å². The monoisotopic (exact) mass is 405 g/mol. The first-order chi connectivity index (χ1) is 9.11. The molecule has 1 unspecified atom stereocenters. The van der Waals surface area contributed by atoms with Crippen molar-refractivity contribution in [2.75, 3.05) is 5.75 Å². The summed E-state index contributed by atoms with van der Waals surface area (Å²) in [6, 6.07) is 8.52. The number of benzene rings is 1. The van der Waals surface area contributed by atoms with E-state index in [9.17, 15) is 4.79 Å². The molecule has 19 heavy (non-hydrogen) atoms. The predicted molar refractivity (Wildman–Crippen MR) is 92.8 cm³/mol. The number of halogens is 1. The van der Waals surface area contributed by atoms with E-state index in [4.69, 9.17) is 0 Å². The molecule has 1 aliphatic heterocycles. The van der Waals surface area contributed by atoms with Crippen LogP contribution in [0.2, 0.25) is 0 Å². The van der Waals surface area contributed by atoms with Crippen molar-refractivity contribution in [3.63, 3.8) is 0 Å². The van der Waals surface area contributed by atoms with Gasteiger partial charge in [0.05, 0.1) is 0 Å². The molecule has 1 N–H and O–H groups in total. The van der Waals surface area contributed by atoms with Crippen LogP contribution in [0.4, 0.5) is 0 Å². The van der Waals surface area contributed by atoms with E-state index < -0.39 is 0 Å². The van der Waals surface area contributed by atoms with Crippen LogP contribution in [-0.2, 0) is 4.79 Å². The Morgan fingerprint density at radius 1 is 1.26 bits per heavy atom. The third kappa shape index (κ3) is 3.92.